The Morgan fingerprint density at radius 3 is 2.11 bits per heavy atom. The third kappa shape index (κ3) is 2.62. The van der Waals surface area contributed by atoms with Gasteiger partial charge in [0.15, 0.2) is 0 Å². The molecule has 36 heavy (non-hydrogen) atoms. The molecule has 8 rings (SSSR count). The molecule has 4 aromatic rings. The lowest BCUT2D eigenvalue weighted by atomic mass is 9.76. The monoisotopic (exact) mass is 471 g/mol. The summed E-state index contributed by atoms with van der Waals surface area (Å²) in [6, 6.07) is 32.8. The van der Waals surface area contributed by atoms with Crippen molar-refractivity contribution in [1.82, 2.24) is 0 Å². The quantitative estimate of drug-likeness (QED) is 0.370. The van der Waals surface area contributed by atoms with Crippen molar-refractivity contribution < 1.29 is 14.3 Å². The molecular weight excluding hydrogens is 446 g/mol. The molecule has 4 heteroatoms. The summed E-state index contributed by atoms with van der Waals surface area (Å²) in [7, 11) is 0. The molecule has 0 aromatic heterocycles. The average molecular weight is 472 g/mol. The maximum atomic E-state index is 14.8. The number of ether oxygens (including phenoxy) is 2. The highest BCUT2D eigenvalue weighted by molar-refractivity contribution is 6.12. The average Bonchev–Trinajstić information content (AvgIpc) is 3.32. The molecule has 0 N–H and O–H groups in total. The second-order valence-corrected chi connectivity index (χ2v) is 10.5. The molecule has 3 aliphatic heterocycles. The van der Waals surface area contributed by atoms with Crippen molar-refractivity contribution in [2.45, 2.75) is 36.3 Å². The van der Waals surface area contributed by atoms with E-state index < -0.39 is 5.41 Å². The van der Waals surface area contributed by atoms with Crippen molar-refractivity contribution in [1.29, 1.82) is 0 Å². The van der Waals surface area contributed by atoms with Crippen LogP contribution in [0.1, 0.15) is 46.7 Å². The van der Waals surface area contributed by atoms with Crippen LogP contribution in [0, 0.1) is 0 Å². The lowest BCUT2D eigenvalue weighted by Gasteiger charge is -2.31. The first-order valence-electron chi connectivity index (χ1n) is 12.7. The number of hydrogen-bond donors (Lipinski definition) is 0. The van der Waals surface area contributed by atoms with Crippen LogP contribution >= 0.6 is 0 Å². The molecule has 1 amide bonds. The minimum atomic E-state index is -0.859. The van der Waals surface area contributed by atoms with E-state index >= 15 is 0 Å². The number of carbonyl (C=O) groups is 1. The first-order chi connectivity index (χ1) is 17.7. The van der Waals surface area contributed by atoms with Crippen LogP contribution in [0.4, 0.5) is 5.69 Å². The van der Waals surface area contributed by atoms with E-state index in [2.05, 4.69) is 42.5 Å². The van der Waals surface area contributed by atoms with Crippen molar-refractivity contribution in [3.63, 3.8) is 0 Å². The number of amides is 1. The number of fused-ring (bicyclic) bond motifs is 5. The second-order valence-electron chi connectivity index (χ2n) is 10.5. The molecule has 4 aliphatic rings. The van der Waals surface area contributed by atoms with Crippen LogP contribution in [-0.4, -0.2) is 18.1 Å². The van der Waals surface area contributed by atoms with Gasteiger partial charge < -0.3 is 9.47 Å². The van der Waals surface area contributed by atoms with E-state index in [0.29, 0.717) is 6.61 Å². The highest BCUT2D eigenvalue weighted by atomic mass is 16.5. The van der Waals surface area contributed by atoms with Crippen LogP contribution in [0.3, 0.4) is 0 Å². The molecule has 2 spiro atoms. The summed E-state index contributed by atoms with van der Waals surface area (Å²) in [6.45, 7) is 0.305. The summed E-state index contributed by atoms with van der Waals surface area (Å²) in [5.41, 5.74) is 5.44. The zero-order valence-corrected chi connectivity index (χ0v) is 19.8. The van der Waals surface area contributed by atoms with Gasteiger partial charge in [-0.3, -0.25) is 9.69 Å². The van der Waals surface area contributed by atoms with Gasteiger partial charge in [0.1, 0.15) is 29.1 Å². The van der Waals surface area contributed by atoms with Crippen LogP contribution in [0.25, 0.3) is 0 Å². The van der Waals surface area contributed by atoms with Gasteiger partial charge >= 0.3 is 0 Å². The molecule has 1 fully saturated rings. The number of anilines is 1. The Hall–Kier alpha value is -4.05. The molecule has 176 valence electrons. The molecule has 0 saturated heterocycles. The van der Waals surface area contributed by atoms with Crippen LogP contribution in [-0.2, 0) is 16.6 Å². The Kier molecular flexibility index (Phi) is 3.93. The summed E-state index contributed by atoms with van der Waals surface area (Å²) in [4.78, 5) is 16.8. The first kappa shape index (κ1) is 20.2. The molecular formula is C32H25NO3. The van der Waals surface area contributed by atoms with E-state index in [1.54, 1.807) is 0 Å². The van der Waals surface area contributed by atoms with Crippen LogP contribution in [0.2, 0.25) is 0 Å². The zero-order valence-electron chi connectivity index (χ0n) is 19.8. The molecule has 1 unspecified atom stereocenters. The third-order valence-corrected chi connectivity index (χ3v) is 8.41. The van der Waals surface area contributed by atoms with Gasteiger partial charge in [0.05, 0.1) is 6.04 Å². The Bertz CT molecular complexity index is 1490. The van der Waals surface area contributed by atoms with E-state index in [1.807, 2.05) is 59.5 Å². The molecule has 3 heterocycles. The second kappa shape index (κ2) is 7.01. The summed E-state index contributed by atoms with van der Waals surface area (Å²) < 4.78 is 12.6. The van der Waals surface area contributed by atoms with Gasteiger partial charge in [0.25, 0.3) is 0 Å². The predicted octanol–water partition coefficient (Wildman–Crippen LogP) is 5.97. The number of carbonyl (C=O) groups excluding carboxylic acids is 1. The minimum absolute atomic E-state index is 0.0140. The van der Waals surface area contributed by atoms with Gasteiger partial charge in [0, 0.05) is 23.7 Å². The topological polar surface area (TPSA) is 38.8 Å². The van der Waals surface area contributed by atoms with Crippen molar-refractivity contribution in [3.05, 3.63) is 125 Å². The standard InChI is InChI=1S/C32H25NO3/c34-30-32(20-35-28-18-27-23(17-25(28)32)19-31(36-27)15-16-31)24-13-7-8-14-26(24)33(30)29(21-9-3-1-4-10-21)22-11-5-2-6-12-22/h1-14,17-18,29H,15-16,19-20H2. The number of nitrogens with zero attached hydrogens (tertiary/aromatic N) is 1. The van der Waals surface area contributed by atoms with Crippen LogP contribution < -0.4 is 14.4 Å². The maximum absolute atomic E-state index is 14.8. The number of hydrogen-bond acceptors (Lipinski definition) is 3. The molecule has 4 nitrogen and oxygen atoms in total. The molecule has 1 saturated carbocycles. The Balaban J connectivity index is 1.33. The fraction of sp³-hybridized carbons (Fsp3) is 0.219. The summed E-state index contributed by atoms with van der Waals surface area (Å²) in [6.07, 6.45) is 3.12. The van der Waals surface area contributed by atoms with E-state index in [1.165, 1.54) is 5.56 Å². The van der Waals surface area contributed by atoms with E-state index in [4.69, 9.17) is 9.47 Å². The highest BCUT2D eigenvalue weighted by Crippen LogP contribution is 2.58. The van der Waals surface area contributed by atoms with Crippen LogP contribution in [0.5, 0.6) is 11.5 Å². The summed E-state index contributed by atoms with van der Waals surface area (Å²) in [5, 5.41) is 0. The molecule has 4 aromatic carbocycles. The third-order valence-electron chi connectivity index (χ3n) is 8.41. The van der Waals surface area contributed by atoms with Gasteiger partial charge in [0.2, 0.25) is 5.91 Å². The van der Waals surface area contributed by atoms with Crippen molar-refractivity contribution in [2.24, 2.45) is 0 Å². The maximum Gasteiger partial charge on any atom is 0.246 e. The lowest BCUT2D eigenvalue weighted by Crippen LogP contribution is -2.44. The first-order valence-corrected chi connectivity index (χ1v) is 12.7. The Morgan fingerprint density at radius 2 is 1.42 bits per heavy atom. The van der Waals surface area contributed by atoms with Crippen molar-refractivity contribution >= 4 is 11.6 Å². The number of para-hydroxylation sites is 1. The number of benzene rings is 4. The normalized spacial score (nSPS) is 21.9. The Labute approximate surface area is 210 Å². The Morgan fingerprint density at radius 1 is 0.750 bits per heavy atom. The van der Waals surface area contributed by atoms with Gasteiger partial charge in [-0.25, -0.2) is 0 Å². The van der Waals surface area contributed by atoms with Crippen LogP contribution in [0.15, 0.2) is 97.1 Å². The fourth-order valence-corrected chi connectivity index (χ4v) is 6.48. The van der Waals surface area contributed by atoms with E-state index in [9.17, 15) is 4.79 Å². The smallest absolute Gasteiger partial charge is 0.246 e. The largest absolute Gasteiger partial charge is 0.491 e. The number of rotatable bonds is 3. The van der Waals surface area contributed by atoms with Gasteiger partial charge in [-0.1, -0.05) is 78.9 Å². The SMILES string of the molecule is O=C1N(C(c2ccccc2)c2ccccc2)c2ccccc2C12COc1cc3c(cc12)CC1(CC1)O3. The van der Waals surface area contributed by atoms with Crippen molar-refractivity contribution in [2.75, 3.05) is 11.5 Å². The van der Waals surface area contributed by atoms with Gasteiger partial charge in [-0.15, -0.1) is 0 Å². The van der Waals surface area contributed by atoms with Crippen molar-refractivity contribution in [3.8, 4) is 11.5 Å². The lowest BCUT2D eigenvalue weighted by molar-refractivity contribution is -0.122. The highest BCUT2D eigenvalue weighted by Gasteiger charge is 2.59. The van der Waals surface area contributed by atoms with E-state index in [0.717, 1.165) is 58.7 Å². The molecule has 1 atom stereocenters. The summed E-state index contributed by atoms with van der Waals surface area (Å²) in [5.74, 6) is 1.76. The van der Waals surface area contributed by atoms with Gasteiger partial charge in [-0.2, -0.15) is 0 Å². The molecule has 0 radical (unpaired) electrons. The predicted molar refractivity (Wildman–Crippen MR) is 138 cm³/mol. The zero-order chi connectivity index (χ0) is 23.9. The minimum Gasteiger partial charge on any atom is -0.491 e. The summed E-state index contributed by atoms with van der Waals surface area (Å²) >= 11 is 0. The molecule has 1 aliphatic carbocycles. The fourth-order valence-electron chi connectivity index (χ4n) is 6.48. The molecule has 0 bridgehead atoms. The van der Waals surface area contributed by atoms with E-state index in [-0.39, 0.29) is 17.6 Å². The van der Waals surface area contributed by atoms with Gasteiger partial charge in [-0.05, 0) is 47.2 Å².